The van der Waals surface area contributed by atoms with Crippen molar-refractivity contribution in [3.8, 4) is 0 Å². The van der Waals surface area contributed by atoms with Crippen LogP contribution in [0.5, 0.6) is 0 Å². The van der Waals surface area contributed by atoms with E-state index in [1.165, 1.54) is 30.2 Å². The Morgan fingerprint density at radius 1 is 1.31 bits per heavy atom. The quantitative estimate of drug-likeness (QED) is 0.583. The van der Waals surface area contributed by atoms with E-state index in [0.29, 0.717) is 6.54 Å². The van der Waals surface area contributed by atoms with Crippen molar-refractivity contribution in [1.82, 2.24) is 0 Å². The van der Waals surface area contributed by atoms with Crippen LogP contribution in [0.25, 0.3) is 0 Å². The molecule has 0 aliphatic rings. The number of halogens is 1. The summed E-state index contributed by atoms with van der Waals surface area (Å²) in [5.41, 5.74) is 6.57. The lowest BCUT2D eigenvalue weighted by Gasteiger charge is -2.08. The molecule has 0 atom stereocenters. The highest BCUT2D eigenvalue weighted by molar-refractivity contribution is 7.99. The van der Waals surface area contributed by atoms with Gasteiger partial charge < -0.3 is 5.73 Å². The van der Waals surface area contributed by atoms with Gasteiger partial charge in [-0.15, -0.1) is 11.8 Å². The van der Waals surface area contributed by atoms with Crippen LogP contribution in [0, 0.1) is 5.82 Å². The smallest absolute Gasteiger partial charge is 0.123 e. The fourth-order valence-electron chi connectivity index (χ4n) is 1.57. The summed E-state index contributed by atoms with van der Waals surface area (Å²) in [5, 5.41) is 0. The van der Waals surface area contributed by atoms with Gasteiger partial charge in [0.25, 0.3) is 0 Å². The van der Waals surface area contributed by atoms with E-state index in [4.69, 9.17) is 5.73 Å². The van der Waals surface area contributed by atoms with Crippen molar-refractivity contribution in [3.63, 3.8) is 0 Å². The molecule has 0 spiro atoms. The van der Waals surface area contributed by atoms with Crippen molar-refractivity contribution >= 4 is 11.8 Å². The molecule has 1 rings (SSSR count). The summed E-state index contributed by atoms with van der Waals surface area (Å²) in [5.74, 6) is 0.943. The molecule has 16 heavy (non-hydrogen) atoms. The first kappa shape index (κ1) is 13.5. The number of hydrogen-bond acceptors (Lipinski definition) is 2. The Morgan fingerprint density at radius 3 is 2.81 bits per heavy atom. The first-order valence-corrected chi connectivity index (χ1v) is 6.87. The van der Waals surface area contributed by atoms with Crippen LogP contribution >= 0.6 is 11.8 Å². The Bertz CT molecular complexity index is 315. The summed E-state index contributed by atoms with van der Waals surface area (Å²) in [6, 6.07) is 5.01. The van der Waals surface area contributed by atoms with Crippen LogP contribution < -0.4 is 5.73 Å². The topological polar surface area (TPSA) is 26.0 Å². The Kier molecular flexibility index (Phi) is 6.50. The molecule has 1 aromatic carbocycles. The molecule has 90 valence electrons. The average Bonchev–Trinajstić information content (AvgIpc) is 2.27. The second-order valence-corrected chi connectivity index (χ2v) is 4.98. The van der Waals surface area contributed by atoms with Crippen molar-refractivity contribution in [2.24, 2.45) is 5.73 Å². The third-order valence-corrected chi connectivity index (χ3v) is 3.64. The second kappa shape index (κ2) is 7.69. The average molecular weight is 241 g/mol. The summed E-state index contributed by atoms with van der Waals surface area (Å²) in [6.07, 6.45) is 4.48. The number of nitrogens with two attached hydrogens (primary N) is 1. The van der Waals surface area contributed by atoms with Gasteiger partial charge in [0.1, 0.15) is 5.82 Å². The van der Waals surface area contributed by atoms with E-state index in [1.807, 2.05) is 17.8 Å². The Hall–Kier alpha value is -0.540. The third kappa shape index (κ3) is 4.54. The van der Waals surface area contributed by atoms with E-state index < -0.39 is 0 Å². The van der Waals surface area contributed by atoms with Gasteiger partial charge in [-0.3, -0.25) is 0 Å². The van der Waals surface area contributed by atoms with E-state index in [-0.39, 0.29) is 5.82 Å². The zero-order valence-corrected chi connectivity index (χ0v) is 10.7. The molecule has 0 heterocycles. The zero-order chi connectivity index (χ0) is 11.8. The number of thioether (sulfide) groups is 1. The van der Waals surface area contributed by atoms with Crippen LogP contribution in [-0.4, -0.2) is 12.3 Å². The maximum atomic E-state index is 13.1. The fourth-order valence-corrected chi connectivity index (χ4v) is 2.65. The maximum absolute atomic E-state index is 13.1. The molecule has 2 N–H and O–H groups in total. The van der Waals surface area contributed by atoms with Gasteiger partial charge in [-0.1, -0.05) is 19.8 Å². The highest BCUT2D eigenvalue weighted by Crippen LogP contribution is 2.25. The Balaban J connectivity index is 2.56. The van der Waals surface area contributed by atoms with E-state index in [0.717, 1.165) is 17.7 Å². The van der Waals surface area contributed by atoms with Gasteiger partial charge >= 0.3 is 0 Å². The fraction of sp³-hybridized carbons (Fsp3) is 0.538. The summed E-state index contributed by atoms with van der Waals surface area (Å²) >= 11 is 1.81. The van der Waals surface area contributed by atoms with Crippen LogP contribution in [0.3, 0.4) is 0 Å². The van der Waals surface area contributed by atoms with Crippen LogP contribution in [0.1, 0.15) is 31.7 Å². The second-order valence-electron chi connectivity index (χ2n) is 3.85. The largest absolute Gasteiger partial charge is 0.330 e. The molecule has 0 aromatic heterocycles. The highest BCUT2D eigenvalue weighted by Gasteiger charge is 2.04. The minimum absolute atomic E-state index is 0.165. The minimum Gasteiger partial charge on any atom is -0.330 e. The lowest BCUT2D eigenvalue weighted by Crippen LogP contribution is -2.04. The predicted molar refractivity (Wildman–Crippen MR) is 69.4 cm³/mol. The molecule has 0 saturated heterocycles. The van der Waals surface area contributed by atoms with Gasteiger partial charge in [0.15, 0.2) is 0 Å². The van der Waals surface area contributed by atoms with Crippen LogP contribution in [0.4, 0.5) is 4.39 Å². The van der Waals surface area contributed by atoms with Crippen LogP contribution in [0.2, 0.25) is 0 Å². The first-order valence-electron chi connectivity index (χ1n) is 5.89. The molecular formula is C13H20FNS. The molecule has 0 aliphatic carbocycles. The first-order chi connectivity index (χ1) is 7.77. The minimum atomic E-state index is -0.165. The summed E-state index contributed by atoms with van der Waals surface area (Å²) in [7, 11) is 0. The molecule has 0 aliphatic heterocycles. The van der Waals surface area contributed by atoms with Gasteiger partial charge in [0.2, 0.25) is 0 Å². The van der Waals surface area contributed by atoms with Gasteiger partial charge in [-0.2, -0.15) is 0 Å². The van der Waals surface area contributed by atoms with Crippen molar-refractivity contribution < 1.29 is 4.39 Å². The zero-order valence-electron chi connectivity index (χ0n) is 9.84. The maximum Gasteiger partial charge on any atom is 0.123 e. The van der Waals surface area contributed by atoms with E-state index >= 15 is 0 Å². The molecular weight excluding hydrogens is 221 g/mol. The lowest BCUT2D eigenvalue weighted by atomic mass is 10.1. The third-order valence-electron chi connectivity index (χ3n) is 2.44. The molecule has 0 radical (unpaired) electrons. The summed E-state index contributed by atoms with van der Waals surface area (Å²) in [4.78, 5) is 1.18. The monoisotopic (exact) mass is 241 g/mol. The molecule has 0 saturated carbocycles. The molecule has 3 heteroatoms. The lowest BCUT2D eigenvalue weighted by molar-refractivity contribution is 0.623. The molecule has 0 bridgehead atoms. The van der Waals surface area contributed by atoms with Crippen LogP contribution in [0.15, 0.2) is 23.1 Å². The van der Waals surface area contributed by atoms with E-state index in [2.05, 4.69) is 6.92 Å². The van der Waals surface area contributed by atoms with Gasteiger partial charge in [-0.05, 0) is 48.9 Å². The van der Waals surface area contributed by atoms with Gasteiger partial charge in [0.05, 0.1) is 0 Å². The number of rotatable bonds is 7. The summed E-state index contributed by atoms with van der Waals surface area (Å²) < 4.78 is 13.1. The molecule has 0 amide bonds. The molecule has 0 fully saturated rings. The molecule has 0 unspecified atom stereocenters. The van der Waals surface area contributed by atoms with Crippen molar-refractivity contribution in [2.45, 2.75) is 37.5 Å². The molecule has 1 nitrogen and oxygen atoms in total. The van der Waals surface area contributed by atoms with Crippen molar-refractivity contribution in [2.75, 3.05) is 12.3 Å². The Morgan fingerprint density at radius 2 is 2.12 bits per heavy atom. The Labute approximate surface area is 102 Å². The molecule has 1 aromatic rings. The standard InChI is InChI=1S/C13H20FNS/c1-2-3-4-9-16-13-6-5-12(14)10-11(13)7-8-15/h5-6,10H,2-4,7-9,15H2,1H3. The predicted octanol–water partition coefficient (Wildman–Crippen LogP) is 3.61. The highest BCUT2D eigenvalue weighted by atomic mass is 32.2. The van der Waals surface area contributed by atoms with Gasteiger partial charge in [0, 0.05) is 4.90 Å². The number of unbranched alkanes of at least 4 members (excludes halogenated alkanes) is 2. The number of hydrogen-bond donors (Lipinski definition) is 1. The van der Waals surface area contributed by atoms with Crippen LogP contribution in [-0.2, 0) is 6.42 Å². The summed E-state index contributed by atoms with van der Waals surface area (Å²) in [6.45, 7) is 2.77. The van der Waals surface area contributed by atoms with E-state index in [9.17, 15) is 4.39 Å². The van der Waals surface area contributed by atoms with Crippen molar-refractivity contribution in [3.05, 3.63) is 29.6 Å². The van der Waals surface area contributed by atoms with Gasteiger partial charge in [-0.25, -0.2) is 4.39 Å². The van der Waals surface area contributed by atoms with E-state index in [1.54, 1.807) is 6.07 Å². The normalized spacial score (nSPS) is 10.7. The number of benzene rings is 1. The van der Waals surface area contributed by atoms with Crippen molar-refractivity contribution in [1.29, 1.82) is 0 Å². The SMILES string of the molecule is CCCCCSc1ccc(F)cc1CCN.